The summed E-state index contributed by atoms with van der Waals surface area (Å²) >= 11 is 0. The number of amides is 2. The van der Waals surface area contributed by atoms with Gasteiger partial charge in [0.05, 0.1) is 19.8 Å². The lowest BCUT2D eigenvalue weighted by molar-refractivity contribution is -0.140. The number of halogens is 3. The van der Waals surface area contributed by atoms with Crippen LogP contribution in [-0.2, 0) is 10.9 Å². The summed E-state index contributed by atoms with van der Waals surface area (Å²) in [6.07, 6.45) is -0.289. The van der Waals surface area contributed by atoms with E-state index in [1.165, 1.54) is 19.2 Å². The largest absolute Gasteiger partial charge is 0.494 e. The summed E-state index contributed by atoms with van der Waals surface area (Å²) in [5, 5.41) is 3.12. The quantitative estimate of drug-likeness (QED) is 0.366. The number of nitrogens with two attached hydrogens (primary N) is 1. The molecule has 3 heterocycles. The second kappa shape index (κ2) is 11.4. The van der Waals surface area contributed by atoms with Crippen molar-refractivity contribution in [2.45, 2.75) is 38.4 Å². The van der Waals surface area contributed by atoms with Gasteiger partial charge < -0.3 is 29.8 Å². The first-order valence-corrected chi connectivity index (χ1v) is 13.3. The van der Waals surface area contributed by atoms with Crippen molar-refractivity contribution in [3.63, 3.8) is 0 Å². The minimum atomic E-state index is -4.64. The highest BCUT2D eigenvalue weighted by Gasteiger charge is 2.33. The minimum Gasteiger partial charge on any atom is -0.494 e. The van der Waals surface area contributed by atoms with Crippen molar-refractivity contribution >= 4 is 22.9 Å². The van der Waals surface area contributed by atoms with Crippen molar-refractivity contribution in [2.75, 3.05) is 33.4 Å². The Morgan fingerprint density at radius 3 is 2.59 bits per heavy atom. The van der Waals surface area contributed by atoms with Gasteiger partial charge in [-0.2, -0.15) is 13.2 Å². The lowest BCUT2D eigenvalue weighted by Gasteiger charge is -2.26. The highest BCUT2D eigenvalue weighted by atomic mass is 19.4. The number of benzene rings is 1. The van der Waals surface area contributed by atoms with E-state index in [1.54, 1.807) is 17.9 Å². The fourth-order valence-corrected chi connectivity index (χ4v) is 4.94. The molecule has 1 fully saturated rings. The molecule has 1 aliphatic heterocycles. The second-order valence-corrected chi connectivity index (χ2v) is 10.2. The van der Waals surface area contributed by atoms with Crippen LogP contribution < -0.4 is 15.8 Å². The number of nitrogens with zero attached hydrogens (tertiary/aromatic N) is 3. The molecule has 2 atom stereocenters. The molecule has 0 radical (unpaired) electrons. The van der Waals surface area contributed by atoms with Crippen LogP contribution >= 0.6 is 0 Å². The Balaban J connectivity index is 1.30. The topological polar surface area (TPSA) is 133 Å². The van der Waals surface area contributed by atoms with Gasteiger partial charge in [0, 0.05) is 36.5 Å². The van der Waals surface area contributed by atoms with Crippen LogP contribution in [-0.4, -0.2) is 60.2 Å². The number of methoxy groups -OCH3 is 1. The van der Waals surface area contributed by atoms with Crippen LogP contribution in [0.2, 0.25) is 0 Å². The van der Waals surface area contributed by atoms with Crippen molar-refractivity contribution in [1.82, 2.24) is 20.2 Å². The summed E-state index contributed by atoms with van der Waals surface area (Å²) in [6.45, 7) is 3.66. The van der Waals surface area contributed by atoms with E-state index < -0.39 is 23.8 Å². The molecule has 13 heteroatoms. The average molecular weight is 574 g/mol. The van der Waals surface area contributed by atoms with Gasteiger partial charge in [-0.15, -0.1) is 0 Å². The number of carbonyl (C=O) groups excluding carboxylic acids is 2. The van der Waals surface area contributed by atoms with Gasteiger partial charge in [-0.1, -0.05) is 11.6 Å². The maximum Gasteiger partial charge on any atom is 0.433 e. The lowest BCUT2D eigenvalue weighted by atomic mass is 9.87. The highest BCUT2D eigenvalue weighted by molar-refractivity contribution is 5.98. The third-order valence-corrected chi connectivity index (χ3v) is 7.10. The van der Waals surface area contributed by atoms with Crippen LogP contribution in [0.1, 0.15) is 54.2 Å². The van der Waals surface area contributed by atoms with Crippen molar-refractivity contribution in [3.05, 3.63) is 53.1 Å². The molecule has 1 unspecified atom stereocenters. The lowest BCUT2D eigenvalue weighted by Crippen LogP contribution is -2.33. The van der Waals surface area contributed by atoms with E-state index in [0.717, 1.165) is 37.6 Å². The fraction of sp³-hybridized carbons (Fsp3) is 0.429. The standard InChI is InChI=1S/C28H30F3N5O5/c1-15(32)24-23(25(37)33-13-16-11-17(12-16)14-40-27(38)36-9-3-4-10-36)35-26(41-24)19-5-7-20(39-2)22-18(19)6-8-21(34-22)28(29,30)31/h5-8,11,15,17H,3-4,9-10,12-14,32H2,1-2H3,(H,33,37)/t15-,17?/m0/s1. The number of carbonyl (C=O) groups is 2. The zero-order chi connectivity index (χ0) is 29.3. The van der Waals surface area contributed by atoms with E-state index in [0.29, 0.717) is 24.0 Å². The first-order chi connectivity index (χ1) is 19.5. The zero-order valence-corrected chi connectivity index (χ0v) is 22.6. The third kappa shape index (κ3) is 5.99. The number of pyridine rings is 1. The molecule has 2 amide bonds. The van der Waals surface area contributed by atoms with Crippen LogP contribution in [0.5, 0.6) is 5.75 Å². The molecule has 0 saturated carbocycles. The molecule has 1 aromatic carbocycles. The number of rotatable bonds is 8. The molecule has 218 valence electrons. The van der Waals surface area contributed by atoms with Crippen LogP contribution in [0.25, 0.3) is 22.4 Å². The molecular formula is C28H30F3N5O5. The molecule has 2 aliphatic rings. The number of oxazole rings is 1. The van der Waals surface area contributed by atoms with Crippen molar-refractivity contribution < 1.29 is 36.7 Å². The van der Waals surface area contributed by atoms with Crippen LogP contribution in [0.4, 0.5) is 18.0 Å². The van der Waals surface area contributed by atoms with Crippen molar-refractivity contribution in [2.24, 2.45) is 11.7 Å². The number of fused-ring (bicyclic) bond motifs is 1. The summed E-state index contributed by atoms with van der Waals surface area (Å²) < 4.78 is 56.4. The Bertz CT molecular complexity index is 1490. The number of hydrogen-bond donors (Lipinski definition) is 2. The number of likely N-dealkylation sites (tertiary alicyclic amines) is 1. The van der Waals surface area contributed by atoms with Crippen LogP contribution in [0.3, 0.4) is 0 Å². The Labute approximate surface area is 233 Å². The molecule has 1 saturated heterocycles. The van der Waals surface area contributed by atoms with Gasteiger partial charge in [0.1, 0.15) is 17.0 Å². The number of aromatic nitrogens is 2. The first-order valence-electron chi connectivity index (χ1n) is 13.3. The van der Waals surface area contributed by atoms with Gasteiger partial charge in [-0.3, -0.25) is 4.79 Å². The maximum atomic E-state index is 13.3. The van der Waals surface area contributed by atoms with Gasteiger partial charge in [0.15, 0.2) is 11.5 Å². The molecule has 3 N–H and O–H groups in total. The van der Waals surface area contributed by atoms with E-state index in [9.17, 15) is 22.8 Å². The summed E-state index contributed by atoms with van der Waals surface area (Å²) in [7, 11) is 1.33. The Morgan fingerprint density at radius 2 is 1.93 bits per heavy atom. The van der Waals surface area contributed by atoms with E-state index in [1.807, 2.05) is 6.08 Å². The average Bonchev–Trinajstić information content (AvgIpc) is 3.61. The Kier molecular flexibility index (Phi) is 7.89. The van der Waals surface area contributed by atoms with Crippen molar-refractivity contribution in [3.8, 4) is 17.2 Å². The second-order valence-electron chi connectivity index (χ2n) is 10.2. The molecule has 41 heavy (non-hydrogen) atoms. The molecule has 5 rings (SSSR count). The van der Waals surface area contributed by atoms with Crippen LogP contribution in [0, 0.1) is 5.92 Å². The van der Waals surface area contributed by atoms with Crippen molar-refractivity contribution in [1.29, 1.82) is 0 Å². The smallest absolute Gasteiger partial charge is 0.433 e. The zero-order valence-electron chi connectivity index (χ0n) is 22.6. The summed E-state index contributed by atoms with van der Waals surface area (Å²) in [5.41, 5.74) is 6.26. The van der Waals surface area contributed by atoms with E-state index in [2.05, 4.69) is 15.3 Å². The normalized spacial score (nSPS) is 17.7. The van der Waals surface area contributed by atoms with Gasteiger partial charge in [0.25, 0.3) is 5.91 Å². The Hall–Kier alpha value is -4.13. The minimum absolute atomic E-state index is 0.0133. The predicted octanol–water partition coefficient (Wildman–Crippen LogP) is 4.85. The number of hydrogen-bond acceptors (Lipinski definition) is 8. The number of alkyl halides is 3. The van der Waals surface area contributed by atoms with Gasteiger partial charge in [-0.05, 0) is 50.5 Å². The highest BCUT2D eigenvalue weighted by Crippen LogP contribution is 2.37. The molecule has 1 aliphatic carbocycles. The Morgan fingerprint density at radius 1 is 1.20 bits per heavy atom. The van der Waals surface area contributed by atoms with Gasteiger partial charge in [0.2, 0.25) is 5.89 Å². The molecule has 3 aromatic rings. The monoisotopic (exact) mass is 573 g/mol. The van der Waals surface area contributed by atoms with E-state index in [-0.39, 0.29) is 47.2 Å². The first kappa shape index (κ1) is 28.4. The molecule has 0 bridgehead atoms. The van der Waals surface area contributed by atoms with E-state index >= 15 is 0 Å². The number of ether oxygens (including phenoxy) is 2. The number of nitrogens with one attached hydrogen (secondary N) is 1. The third-order valence-electron chi connectivity index (χ3n) is 7.10. The summed E-state index contributed by atoms with van der Waals surface area (Å²) in [5.74, 6) is -0.117. The van der Waals surface area contributed by atoms with Gasteiger partial charge >= 0.3 is 12.3 Å². The van der Waals surface area contributed by atoms with Crippen LogP contribution in [0.15, 0.2) is 40.3 Å². The summed E-state index contributed by atoms with van der Waals surface area (Å²) in [6, 6.07) is 4.47. The maximum absolute atomic E-state index is 13.3. The summed E-state index contributed by atoms with van der Waals surface area (Å²) in [4.78, 5) is 34.9. The SMILES string of the molecule is COc1ccc(-c2nc(C(=O)NCC3=CC(COC(=O)N4CCCC4)C3)c([C@H](C)N)o2)c2ccc(C(F)(F)F)nc12. The molecule has 2 aromatic heterocycles. The molecule has 0 spiro atoms. The van der Waals surface area contributed by atoms with Gasteiger partial charge in [-0.25, -0.2) is 14.8 Å². The van der Waals surface area contributed by atoms with E-state index in [4.69, 9.17) is 19.6 Å². The molecule has 10 nitrogen and oxygen atoms in total. The predicted molar refractivity (Wildman–Crippen MR) is 142 cm³/mol. The fourth-order valence-electron chi connectivity index (χ4n) is 4.94. The molecular weight excluding hydrogens is 543 g/mol.